The number of aromatic nitrogens is 2. The number of amides is 2. The molecule has 1 saturated heterocycles. The van der Waals surface area contributed by atoms with Crippen molar-refractivity contribution in [3.63, 3.8) is 0 Å². The van der Waals surface area contributed by atoms with E-state index in [0.29, 0.717) is 31.0 Å². The number of benzene rings is 1. The number of alkyl halides is 3. The summed E-state index contributed by atoms with van der Waals surface area (Å²) in [7, 11) is 0. The Morgan fingerprint density at radius 1 is 1.09 bits per heavy atom. The summed E-state index contributed by atoms with van der Waals surface area (Å²) in [6, 6.07) is 8.22. The van der Waals surface area contributed by atoms with E-state index in [1.807, 2.05) is 11.8 Å². The van der Waals surface area contributed by atoms with Gasteiger partial charge in [-0.15, -0.1) is 10.2 Å². The molecule has 0 bridgehead atoms. The molecule has 1 aromatic heterocycles. The molecule has 32 heavy (non-hydrogen) atoms. The Balaban J connectivity index is 1.65. The Kier molecular flexibility index (Phi) is 7.16. The molecule has 8 nitrogen and oxygen atoms in total. The van der Waals surface area contributed by atoms with Crippen LogP contribution in [0.25, 0.3) is 0 Å². The first-order valence-electron chi connectivity index (χ1n) is 10.2. The number of halogens is 3. The quantitative estimate of drug-likeness (QED) is 0.723. The molecule has 1 aliphatic rings. The highest BCUT2D eigenvalue weighted by Gasteiger charge is 2.36. The number of primary amides is 1. The molecule has 1 fully saturated rings. The minimum atomic E-state index is -4.60. The zero-order chi connectivity index (χ0) is 23.3. The van der Waals surface area contributed by atoms with Crippen molar-refractivity contribution in [3.05, 3.63) is 53.2 Å². The average molecular weight is 451 g/mol. The van der Waals surface area contributed by atoms with Gasteiger partial charge in [0.15, 0.2) is 5.82 Å². The number of hydrogen-bond donors (Lipinski definition) is 1. The normalized spacial score (nSPS) is 15.4. The molecular weight excluding hydrogens is 427 g/mol. The molecule has 1 atom stereocenters. The molecule has 3 rings (SSSR count). The van der Waals surface area contributed by atoms with Gasteiger partial charge in [0.2, 0.25) is 0 Å². The molecule has 1 aromatic carbocycles. The zero-order valence-electron chi connectivity index (χ0n) is 17.5. The molecule has 2 N–H and O–H groups in total. The van der Waals surface area contributed by atoms with Gasteiger partial charge in [0.05, 0.1) is 11.1 Å². The minimum Gasteiger partial charge on any atom is -0.440 e. The van der Waals surface area contributed by atoms with Crippen LogP contribution < -0.4 is 10.6 Å². The van der Waals surface area contributed by atoms with Gasteiger partial charge in [0.1, 0.15) is 11.8 Å². The van der Waals surface area contributed by atoms with Crippen molar-refractivity contribution in [1.29, 1.82) is 0 Å². The lowest BCUT2D eigenvalue weighted by atomic mass is 10.1. The number of carbonyl (C=O) groups excluding carboxylic acids is 2. The first-order chi connectivity index (χ1) is 15.2. The van der Waals surface area contributed by atoms with Crippen molar-refractivity contribution in [2.75, 3.05) is 31.1 Å². The van der Waals surface area contributed by atoms with Crippen LogP contribution in [0, 0.1) is 0 Å². The molecule has 2 amide bonds. The highest BCUT2D eigenvalue weighted by Crippen LogP contribution is 2.32. The Bertz CT molecular complexity index is 944. The third kappa shape index (κ3) is 5.45. The molecule has 0 radical (unpaired) electrons. The van der Waals surface area contributed by atoms with Gasteiger partial charge in [0.25, 0.3) is 5.91 Å². The second kappa shape index (κ2) is 9.84. The van der Waals surface area contributed by atoms with Gasteiger partial charge in [-0.25, -0.2) is 4.79 Å². The van der Waals surface area contributed by atoms with Gasteiger partial charge >= 0.3 is 12.3 Å². The van der Waals surface area contributed by atoms with E-state index in [0.717, 1.165) is 12.5 Å². The number of nitrogens with two attached hydrogens (primary N) is 1. The van der Waals surface area contributed by atoms with Crippen molar-refractivity contribution in [2.24, 2.45) is 5.73 Å². The second-order valence-corrected chi connectivity index (χ2v) is 7.35. The Labute approximate surface area is 183 Å². The van der Waals surface area contributed by atoms with E-state index >= 15 is 0 Å². The van der Waals surface area contributed by atoms with E-state index in [9.17, 15) is 22.8 Å². The smallest absolute Gasteiger partial charge is 0.417 e. The van der Waals surface area contributed by atoms with Gasteiger partial charge in [0, 0.05) is 26.2 Å². The monoisotopic (exact) mass is 451 g/mol. The maximum absolute atomic E-state index is 13.2. The average Bonchev–Trinajstić information content (AvgIpc) is 2.78. The Morgan fingerprint density at radius 2 is 1.78 bits per heavy atom. The third-order valence-electron chi connectivity index (χ3n) is 5.16. The summed E-state index contributed by atoms with van der Waals surface area (Å²) in [5.41, 5.74) is 4.30. The van der Waals surface area contributed by atoms with Crippen molar-refractivity contribution in [2.45, 2.75) is 32.0 Å². The molecule has 1 unspecified atom stereocenters. The molecule has 11 heteroatoms. The van der Waals surface area contributed by atoms with Crippen LogP contribution in [0.1, 0.15) is 47.5 Å². The molecular formula is C21H24F3N5O3. The van der Waals surface area contributed by atoms with Crippen LogP contribution in [0.15, 0.2) is 36.4 Å². The van der Waals surface area contributed by atoms with E-state index in [1.165, 1.54) is 23.1 Å². The Morgan fingerprint density at radius 3 is 2.34 bits per heavy atom. The van der Waals surface area contributed by atoms with Gasteiger partial charge in [-0.05, 0) is 30.7 Å². The van der Waals surface area contributed by atoms with Crippen LogP contribution in [-0.2, 0) is 10.9 Å². The first-order valence-corrected chi connectivity index (χ1v) is 10.2. The van der Waals surface area contributed by atoms with Crippen LogP contribution in [0.5, 0.6) is 0 Å². The maximum atomic E-state index is 13.2. The van der Waals surface area contributed by atoms with Crippen molar-refractivity contribution in [3.8, 4) is 0 Å². The topological polar surface area (TPSA) is 102 Å². The molecule has 0 spiro atoms. The molecule has 0 saturated carbocycles. The van der Waals surface area contributed by atoms with E-state index in [2.05, 4.69) is 10.2 Å². The summed E-state index contributed by atoms with van der Waals surface area (Å²) in [6.07, 6.45) is -4.75. The fourth-order valence-electron chi connectivity index (χ4n) is 3.57. The fraction of sp³-hybridized carbons (Fsp3) is 0.429. The summed E-state index contributed by atoms with van der Waals surface area (Å²) >= 11 is 0. The molecule has 2 aromatic rings. The fourth-order valence-corrected chi connectivity index (χ4v) is 3.57. The molecule has 1 aliphatic heterocycles. The standard InChI is InChI=1S/C21H24F3N5O3/c1-2-5-17(32-20(25)31)16-8-9-18(27-26-16)28-10-12-29(13-11-28)19(30)14-6-3-4-7-15(14)21(22,23)24/h3-4,6-9,17H,2,5,10-13H2,1H3,(H2,25,31). The predicted octanol–water partition coefficient (Wildman–Crippen LogP) is 3.39. The molecule has 2 heterocycles. The van der Waals surface area contributed by atoms with Gasteiger partial charge in [-0.3, -0.25) is 4.79 Å². The number of carbonyl (C=O) groups is 2. The number of nitrogens with zero attached hydrogens (tertiary/aromatic N) is 4. The lowest BCUT2D eigenvalue weighted by molar-refractivity contribution is -0.138. The number of rotatable bonds is 6. The SMILES string of the molecule is CCCC(OC(N)=O)c1ccc(N2CCN(C(=O)c3ccccc3C(F)(F)F)CC2)nn1. The van der Waals surface area contributed by atoms with Crippen molar-refractivity contribution in [1.82, 2.24) is 15.1 Å². The summed E-state index contributed by atoms with van der Waals surface area (Å²) < 4.78 is 44.8. The second-order valence-electron chi connectivity index (χ2n) is 7.35. The molecule has 0 aliphatic carbocycles. The van der Waals surface area contributed by atoms with Crippen LogP contribution in [-0.4, -0.2) is 53.3 Å². The summed E-state index contributed by atoms with van der Waals surface area (Å²) in [5, 5.41) is 8.32. The van der Waals surface area contributed by atoms with Gasteiger partial charge in [-0.2, -0.15) is 13.2 Å². The van der Waals surface area contributed by atoms with Gasteiger partial charge < -0.3 is 20.3 Å². The van der Waals surface area contributed by atoms with Crippen LogP contribution >= 0.6 is 0 Å². The number of anilines is 1. The zero-order valence-corrected chi connectivity index (χ0v) is 17.5. The van der Waals surface area contributed by atoms with Gasteiger partial charge in [-0.1, -0.05) is 25.5 Å². The number of ether oxygens (including phenoxy) is 1. The number of piperazine rings is 1. The van der Waals surface area contributed by atoms with Crippen LogP contribution in [0.2, 0.25) is 0 Å². The lowest BCUT2D eigenvalue weighted by Crippen LogP contribution is -2.49. The lowest BCUT2D eigenvalue weighted by Gasteiger charge is -2.35. The highest BCUT2D eigenvalue weighted by atomic mass is 19.4. The van der Waals surface area contributed by atoms with E-state index in [-0.39, 0.29) is 18.7 Å². The van der Waals surface area contributed by atoms with Crippen LogP contribution in [0.4, 0.5) is 23.8 Å². The van der Waals surface area contributed by atoms with E-state index in [1.54, 1.807) is 12.1 Å². The maximum Gasteiger partial charge on any atom is 0.417 e. The Hall–Kier alpha value is -3.37. The number of hydrogen-bond acceptors (Lipinski definition) is 6. The summed E-state index contributed by atoms with van der Waals surface area (Å²) in [4.78, 5) is 27.1. The molecule has 172 valence electrons. The highest BCUT2D eigenvalue weighted by molar-refractivity contribution is 5.96. The third-order valence-corrected chi connectivity index (χ3v) is 5.16. The van der Waals surface area contributed by atoms with Crippen molar-refractivity contribution >= 4 is 17.8 Å². The van der Waals surface area contributed by atoms with Crippen molar-refractivity contribution < 1.29 is 27.5 Å². The van der Waals surface area contributed by atoms with Crippen LogP contribution in [0.3, 0.4) is 0 Å². The largest absolute Gasteiger partial charge is 0.440 e. The summed E-state index contributed by atoms with van der Waals surface area (Å²) in [5.74, 6) is -0.0871. The van der Waals surface area contributed by atoms with E-state index in [4.69, 9.17) is 10.5 Å². The van der Waals surface area contributed by atoms with E-state index < -0.39 is 29.8 Å². The predicted molar refractivity (Wildman–Crippen MR) is 110 cm³/mol. The summed E-state index contributed by atoms with van der Waals surface area (Å²) in [6.45, 7) is 3.22. The first kappa shape index (κ1) is 23.3. The minimum absolute atomic E-state index is 0.248.